The van der Waals surface area contributed by atoms with Gasteiger partial charge in [0.05, 0.1) is 39.4 Å². The van der Waals surface area contributed by atoms with E-state index < -0.39 is 15.8 Å². The smallest absolute Gasteiger partial charge is 0.271 e. The number of carbonyl (C=O) groups excluding carboxylic acids is 1. The highest BCUT2D eigenvalue weighted by Gasteiger charge is 2.73. The normalized spacial score (nSPS) is 23.8. The number of hydrogen-bond donors (Lipinski definition) is 1. The Labute approximate surface area is 204 Å². The van der Waals surface area contributed by atoms with Crippen LogP contribution in [0.25, 0.3) is 11.0 Å². The topological polar surface area (TPSA) is 107 Å². The Bertz CT molecular complexity index is 1340. The first-order valence-corrected chi connectivity index (χ1v) is 12.2. The third kappa shape index (κ3) is 3.22. The molecule has 2 aliphatic rings. The van der Waals surface area contributed by atoms with Gasteiger partial charge in [-0.25, -0.2) is 9.97 Å². The zero-order chi connectivity index (χ0) is 25.0. The highest BCUT2D eigenvalue weighted by Crippen LogP contribution is 2.70. The second kappa shape index (κ2) is 8.00. The van der Waals surface area contributed by atoms with Crippen molar-refractivity contribution >= 4 is 28.3 Å². The molecule has 5 rings (SSSR count). The number of nitro benzene ring substituents is 1. The van der Waals surface area contributed by atoms with Crippen molar-refractivity contribution in [3.05, 3.63) is 64.0 Å². The molecule has 2 atom stereocenters. The summed E-state index contributed by atoms with van der Waals surface area (Å²) < 4.78 is 5.74. The molecule has 2 bridgehead atoms. The summed E-state index contributed by atoms with van der Waals surface area (Å²) in [4.78, 5) is 34.7. The summed E-state index contributed by atoms with van der Waals surface area (Å²) in [5.74, 6) is 0.650. The number of non-ortho nitro benzene ring substituents is 1. The quantitative estimate of drug-likeness (QED) is 0.268. The number of rotatable bonds is 7. The third-order valence-corrected chi connectivity index (χ3v) is 8.50. The molecule has 0 aliphatic heterocycles. The van der Waals surface area contributed by atoms with Gasteiger partial charge in [-0.15, -0.1) is 0 Å². The first-order valence-electron chi connectivity index (χ1n) is 12.2. The van der Waals surface area contributed by atoms with Gasteiger partial charge < -0.3 is 10.1 Å². The van der Waals surface area contributed by atoms with Crippen LogP contribution in [0.5, 0.6) is 5.75 Å². The lowest BCUT2D eigenvalue weighted by Gasteiger charge is -2.39. The van der Waals surface area contributed by atoms with Crippen LogP contribution in [-0.2, 0) is 15.6 Å². The highest BCUT2D eigenvalue weighted by molar-refractivity contribution is 6.02. The van der Waals surface area contributed by atoms with Crippen LogP contribution in [0.4, 0.5) is 11.4 Å². The fraction of sp³-hybridized carbons (Fsp3) is 0.444. The number of fused-ring (bicyclic) bond motifs is 6. The molecule has 0 spiro atoms. The van der Waals surface area contributed by atoms with E-state index in [0.717, 1.165) is 30.7 Å². The van der Waals surface area contributed by atoms with Crippen molar-refractivity contribution in [2.45, 2.75) is 64.2 Å². The molecule has 8 heteroatoms. The number of nitro groups is 1. The largest absolute Gasteiger partial charge is 0.494 e. The van der Waals surface area contributed by atoms with Gasteiger partial charge >= 0.3 is 0 Å². The Morgan fingerprint density at radius 2 is 1.77 bits per heavy atom. The Kier molecular flexibility index (Phi) is 5.30. The molecule has 1 aromatic heterocycles. The van der Waals surface area contributed by atoms with E-state index in [9.17, 15) is 14.9 Å². The van der Waals surface area contributed by atoms with Crippen molar-refractivity contribution in [2.75, 3.05) is 11.9 Å². The van der Waals surface area contributed by atoms with E-state index in [-0.39, 0.29) is 17.0 Å². The summed E-state index contributed by atoms with van der Waals surface area (Å²) in [6.45, 7) is 9.16. The minimum atomic E-state index is -0.890. The van der Waals surface area contributed by atoms with Gasteiger partial charge in [-0.05, 0) is 55.0 Å². The lowest BCUT2D eigenvalue weighted by atomic mass is 9.63. The number of amides is 1. The molecule has 35 heavy (non-hydrogen) atoms. The number of carbonyl (C=O) groups is 1. The Morgan fingerprint density at radius 1 is 1.06 bits per heavy atom. The van der Waals surface area contributed by atoms with Crippen molar-refractivity contribution < 1.29 is 14.5 Å². The van der Waals surface area contributed by atoms with Crippen LogP contribution in [0.3, 0.4) is 0 Å². The van der Waals surface area contributed by atoms with Crippen LogP contribution in [0.1, 0.15) is 64.8 Å². The van der Waals surface area contributed by atoms with Crippen molar-refractivity contribution in [3.8, 4) is 5.75 Å². The van der Waals surface area contributed by atoms with E-state index in [0.29, 0.717) is 35.4 Å². The summed E-state index contributed by atoms with van der Waals surface area (Å²) >= 11 is 0. The number of nitrogens with one attached hydrogen (secondary N) is 1. The molecule has 0 saturated heterocycles. The van der Waals surface area contributed by atoms with Crippen molar-refractivity contribution in [1.29, 1.82) is 0 Å². The van der Waals surface area contributed by atoms with Crippen LogP contribution in [0.15, 0.2) is 42.5 Å². The fourth-order valence-corrected chi connectivity index (χ4v) is 5.91. The first-order chi connectivity index (χ1) is 16.6. The van der Waals surface area contributed by atoms with E-state index >= 15 is 0 Å². The maximum atomic E-state index is 14.0. The number of benzene rings is 2. The number of ether oxygens (including phenoxy) is 1. The van der Waals surface area contributed by atoms with Crippen molar-refractivity contribution in [1.82, 2.24) is 9.97 Å². The minimum absolute atomic E-state index is 0.0416. The second-order valence-corrected chi connectivity index (χ2v) is 10.4. The lowest BCUT2D eigenvalue weighted by molar-refractivity contribution is -0.384. The van der Waals surface area contributed by atoms with Gasteiger partial charge in [0.2, 0.25) is 5.91 Å². The molecule has 2 aliphatic carbocycles. The van der Waals surface area contributed by atoms with Gasteiger partial charge in [0.1, 0.15) is 5.75 Å². The van der Waals surface area contributed by atoms with Gasteiger partial charge in [-0.3, -0.25) is 14.9 Å². The summed E-state index contributed by atoms with van der Waals surface area (Å²) in [7, 11) is 0. The average molecular weight is 475 g/mol. The van der Waals surface area contributed by atoms with E-state index in [1.165, 1.54) is 12.1 Å². The van der Waals surface area contributed by atoms with Crippen molar-refractivity contribution in [2.24, 2.45) is 5.41 Å². The molecule has 1 heterocycles. The Hall–Kier alpha value is -3.55. The van der Waals surface area contributed by atoms with E-state index in [4.69, 9.17) is 14.7 Å². The average Bonchev–Trinajstić information content (AvgIpc) is 3.13. The Morgan fingerprint density at radius 3 is 2.46 bits per heavy atom. The van der Waals surface area contributed by atoms with Crippen LogP contribution in [-0.4, -0.2) is 27.4 Å². The molecular formula is C27H30N4O4. The molecular weight excluding hydrogens is 444 g/mol. The maximum absolute atomic E-state index is 14.0. The van der Waals surface area contributed by atoms with E-state index in [1.54, 1.807) is 6.07 Å². The molecule has 1 fully saturated rings. The predicted molar refractivity (Wildman–Crippen MR) is 134 cm³/mol. The fourth-order valence-electron chi connectivity index (χ4n) is 5.91. The van der Waals surface area contributed by atoms with E-state index in [1.807, 2.05) is 24.3 Å². The maximum Gasteiger partial charge on any atom is 0.271 e. The molecule has 2 unspecified atom stereocenters. The molecule has 2 aromatic carbocycles. The molecule has 1 N–H and O–H groups in total. The molecule has 0 radical (unpaired) electrons. The van der Waals surface area contributed by atoms with Crippen LogP contribution < -0.4 is 10.1 Å². The van der Waals surface area contributed by atoms with Gasteiger partial charge in [0, 0.05) is 23.2 Å². The van der Waals surface area contributed by atoms with Crippen molar-refractivity contribution in [3.63, 3.8) is 0 Å². The molecule has 182 valence electrons. The minimum Gasteiger partial charge on any atom is -0.494 e. The first kappa shape index (κ1) is 23.2. The predicted octanol–water partition coefficient (Wildman–Crippen LogP) is 5.68. The van der Waals surface area contributed by atoms with Gasteiger partial charge in [0.25, 0.3) is 5.69 Å². The van der Waals surface area contributed by atoms with Crippen LogP contribution in [0, 0.1) is 15.5 Å². The van der Waals surface area contributed by atoms with Gasteiger partial charge in [-0.2, -0.15) is 0 Å². The van der Waals surface area contributed by atoms with Gasteiger partial charge in [-0.1, -0.05) is 34.1 Å². The summed E-state index contributed by atoms with van der Waals surface area (Å²) in [5.41, 5.74) is 1.48. The van der Waals surface area contributed by atoms with Crippen LogP contribution >= 0.6 is 0 Å². The van der Waals surface area contributed by atoms with Gasteiger partial charge in [0.15, 0.2) is 0 Å². The standard InChI is InChI=1S/C27H30N4O4/c1-5-6-15-35-19-10-7-17(8-11-19)28-24(32)27-14-13-26(4,25(27,2)3)22-23(27)30-21-16-18(31(33)34)9-12-20(21)29-22/h7-12,16H,5-6,13-15H2,1-4H3,(H,28,32). The SMILES string of the molecule is CCCCOc1ccc(NC(=O)C23CCC(C)(c4nc5ccc([N+](=O)[O-])cc5nc42)C3(C)C)cc1. The highest BCUT2D eigenvalue weighted by atomic mass is 16.6. The molecule has 1 amide bonds. The second-order valence-electron chi connectivity index (χ2n) is 10.4. The number of unbranched alkanes of at least 4 members (excludes halogenated alkanes) is 1. The molecule has 1 saturated carbocycles. The monoisotopic (exact) mass is 474 g/mol. The van der Waals surface area contributed by atoms with E-state index in [2.05, 4.69) is 33.0 Å². The Balaban J connectivity index is 1.53. The van der Waals surface area contributed by atoms with Crippen LogP contribution in [0.2, 0.25) is 0 Å². The zero-order valence-electron chi connectivity index (χ0n) is 20.6. The number of nitrogens with zero attached hydrogens (tertiary/aromatic N) is 3. The summed E-state index contributed by atoms with van der Waals surface area (Å²) in [6.07, 6.45) is 3.52. The molecule has 3 aromatic rings. The summed E-state index contributed by atoms with van der Waals surface area (Å²) in [5, 5.41) is 14.4. The number of anilines is 1. The number of hydrogen-bond acceptors (Lipinski definition) is 6. The number of aromatic nitrogens is 2. The zero-order valence-corrected chi connectivity index (χ0v) is 20.6. The third-order valence-electron chi connectivity index (χ3n) is 8.50. The lowest BCUT2D eigenvalue weighted by Crippen LogP contribution is -2.48. The molecule has 8 nitrogen and oxygen atoms in total. The summed E-state index contributed by atoms with van der Waals surface area (Å²) in [6, 6.07) is 11.9.